The third-order valence-corrected chi connectivity index (χ3v) is 4.94. The Morgan fingerprint density at radius 2 is 1.15 bits per heavy atom. The summed E-state index contributed by atoms with van der Waals surface area (Å²) >= 11 is 0. The van der Waals surface area contributed by atoms with Gasteiger partial charge in [-0.3, -0.25) is 29.0 Å². The molecule has 27 heavy (non-hydrogen) atoms. The van der Waals surface area contributed by atoms with E-state index in [1.165, 1.54) is 4.90 Å². The molecule has 2 aromatic rings. The summed E-state index contributed by atoms with van der Waals surface area (Å²) in [5.74, 6) is -1.61. The van der Waals surface area contributed by atoms with E-state index < -0.39 is 18.5 Å². The Morgan fingerprint density at radius 3 is 1.63 bits per heavy atom. The first-order valence-corrected chi connectivity index (χ1v) is 8.55. The monoisotopic (exact) mass is 364 g/mol. The molecule has 7 nitrogen and oxygen atoms in total. The molecule has 2 aromatic carbocycles. The number of imide groups is 2. The van der Waals surface area contributed by atoms with E-state index in [9.17, 15) is 24.3 Å². The van der Waals surface area contributed by atoms with Gasteiger partial charge >= 0.3 is 0 Å². The van der Waals surface area contributed by atoms with E-state index in [4.69, 9.17) is 0 Å². The highest BCUT2D eigenvalue weighted by Gasteiger charge is 2.36. The molecule has 0 saturated carbocycles. The van der Waals surface area contributed by atoms with Gasteiger partial charge in [0.05, 0.1) is 22.3 Å². The van der Waals surface area contributed by atoms with Crippen LogP contribution in [-0.4, -0.2) is 51.8 Å². The lowest BCUT2D eigenvalue weighted by molar-refractivity contribution is 0.0488. The number of aliphatic hydroxyl groups excluding tert-OH is 1. The SMILES string of the molecule is CCN1C(=O)c2ccc(Cc3ccc4c(c3)C(=O)N(CO)C4=O)cc2C1=O. The van der Waals surface area contributed by atoms with Gasteiger partial charge in [-0.05, 0) is 48.7 Å². The van der Waals surface area contributed by atoms with Crippen LogP contribution in [0.25, 0.3) is 0 Å². The van der Waals surface area contributed by atoms with Crippen molar-refractivity contribution < 1.29 is 24.3 Å². The molecule has 0 spiro atoms. The minimum absolute atomic E-state index is 0.260. The topological polar surface area (TPSA) is 95.0 Å². The van der Waals surface area contributed by atoms with E-state index in [-0.39, 0.29) is 22.9 Å². The first kappa shape index (κ1) is 17.1. The standard InChI is InChI=1S/C20H16N2O5/c1-2-21-17(24)13-5-3-11(8-15(13)19(21)26)7-12-4-6-14-16(9-12)20(27)22(10-23)18(14)25/h3-6,8-9,23H,2,7,10H2,1H3. The van der Waals surface area contributed by atoms with Crippen LogP contribution < -0.4 is 0 Å². The average Bonchev–Trinajstić information content (AvgIpc) is 3.05. The first-order valence-electron chi connectivity index (χ1n) is 8.55. The number of aliphatic hydroxyl groups is 1. The summed E-state index contributed by atoms with van der Waals surface area (Å²) in [6.07, 6.45) is 0.439. The second-order valence-electron chi connectivity index (χ2n) is 6.47. The van der Waals surface area contributed by atoms with Crippen molar-refractivity contribution in [2.75, 3.05) is 13.3 Å². The molecule has 0 saturated heterocycles. The highest BCUT2D eigenvalue weighted by atomic mass is 16.3. The molecule has 0 aromatic heterocycles. The van der Waals surface area contributed by atoms with Crippen LogP contribution >= 0.6 is 0 Å². The molecule has 0 unspecified atom stereocenters. The Bertz CT molecular complexity index is 946. The number of hydrogen-bond acceptors (Lipinski definition) is 5. The van der Waals surface area contributed by atoms with Gasteiger partial charge in [-0.15, -0.1) is 0 Å². The Hall–Kier alpha value is -3.32. The summed E-state index contributed by atoms with van der Waals surface area (Å²) in [4.78, 5) is 50.7. The smallest absolute Gasteiger partial charge is 0.263 e. The molecule has 4 rings (SSSR count). The summed E-state index contributed by atoms with van der Waals surface area (Å²) in [5, 5.41) is 9.18. The second-order valence-corrected chi connectivity index (χ2v) is 6.47. The normalized spacial score (nSPS) is 15.6. The zero-order valence-corrected chi connectivity index (χ0v) is 14.6. The number of carbonyl (C=O) groups excluding carboxylic acids is 4. The fraction of sp³-hybridized carbons (Fsp3) is 0.200. The highest BCUT2D eigenvalue weighted by molar-refractivity contribution is 6.22. The maximum absolute atomic E-state index is 12.3. The fourth-order valence-electron chi connectivity index (χ4n) is 3.55. The van der Waals surface area contributed by atoms with Crippen molar-refractivity contribution in [1.29, 1.82) is 0 Å². The van der Waals surface area contributed by atoms with E-state index in [2.05, 4.69) is 0 Å². The van der Waals surface area contributed by atoms with E-state index in [0.29, 0.717) is 24.1 Å². The van der Waals surface area contributed by atoms with Crippen LogP contribution in [-0.2, 0) is 6.42 Å². The number of benzene rings is 2. The van der Waals surface area contributed by atoms with Crippen molar-refractivity contribution in [1.82, 2.24) is 9.80 Å². The molecular weight excluding hydrogens is 348 g/mol. The molecule has 0 fully saturated rings. The summed E-state index contributed by atoms with van der Waals surface area (Å²) in [6.45, 7) is 1.42. The van der Waals surface area contributed by atoms with Crippen LogP contribution in [0.1, 0.15) is 59.5 Å². The molecule has 2 aliphatic rings. The number of rotatable bonds is 4. The van der Waals surface area contributed by atoms with Crippen LogP contribution in [0.2, 0.25) is 0 Å². The molecule has 0 radical (unpaired) electrons. The van der Waals surface area contributed by atoms with E-state index in [1.807, 2.05) is 0 Å². The lowest BCUT2D eigenvalue weighted by Gasteiger charge is -2.08. The molecule has 136 valence electrons. The molecular formula is C20H16N2O5. The maximum Gasteiger partial charge on any atom is 0.263 e. The summed E-state index contributed by atoms with van der Waals surface area (Å²) < 4.78 is 0. The largest absolute Gasteiger partial charge is 0.376 e. The minimum atomic E-state index is -0.656. The maximum atomic E-state index is 12.3. The van der Waals surface area contributed by atoms with Crippen molar-refractivity contribution in [3.05, 3.63) is 69.8 Å². The van der Waals surface area contributed by atoms with E-state index >= 15 is 0 Å². The van der Waals surface area contributed by atoms with Crippen molar-refractivity contribution in [3.8, 4) is 0 Å². The lowest BCUT2D eigenvalue weighted by Crippen LogP contribution is -2.30. The fourth-order valence-corrected chi connectivity index (χ4v) is 3.55. The lowest BCUT2D eigenvalue weighted by atomic mass is 9.98. The quantitative estimate of drug-likeness (QED) is 0.829. The summed E-state index contributed by atoms with van der Waals surface area (Å²) in [6, 6.07) is 10.1. The van der Waals surface area contributed by atoms with Gasteiger partial charge < -0.3 is 5.11 Å². The Morgan fingerprint density at radius 1 is 0.704 bits per heavy atom. The third kappa shape index (κ3) is 2.47. The molecule has 0 atom stereocenters. The van der Waals surface area contributed by atoms with Gasteiger partial charge in [0.2, 0.25) is 0 Å². The van der Waals surface area contributed by atoms with Gasteiger partial charge in [0.15, 0.2) is 0 Å². The minimum Gasteiger partial charge on any atom is -0.376 e. The van der Waals surface area contributed by atoms with Crippen LogP contribution in [0.15, 0.2) is 36.4 Å². The number of nitrogens with zero attached hydrogens (tertiary/aromatic N) is 2. The third-order valence-electron chi connectivity index (χ3n) is 4.94. The Balaban J connectivity index is 1.64. The van der Waals surface area contributed by atoms with Crippen LogP contribution in [0.4, 0.5) is 0 Å². The molecule has 0 bridgehead atoms. The van der Waals surface area contributed by atoms with Crippen molar-refractivity contribution in [2.45, 2.75) is 13.3 Å². The molecule has 2 heterocycles. The molecule has 7 heteroatoms. The van der Waals surface area contributed by atoms with Crippen molar-refractivity contribution in [3.63, 3.8) is 0 Å². The van der Waals surface area contributed by atoms with Crippen molar-refractivity contribution in [2.24, 2.45) is 0 Å². The van der Waals surface area contributed by atoms with Crippen molar-refractivity contribution >= 4 is 23.6 Å². The van der Waals surface area contributed by atoms with Gasteiger partial charge in [-0.25, -0.2) is 0 Å². The number of carbonyl (C=O) groups is 4. The molecule has 2 aliphatic heterocycles. The van der Waals surface area contributed by atoms with Crippen LogP contribution in [0, 0.1) is 0 Å². The average molecular weight is 364 g/mol. The Labute approximate surface area is 154 Å². The van der Waals surface area contributed by atoms with Crippen LogP contribution in [0.5, 0.6) is 0 Å². The number of hydrogen-bond donors (Lipinski definition) is 1. The van der Waals surface area contributed by atoms with E-state index in [0.717, 1.165) is 16.0 Å². The van der Waals surface area contributed by atoms with Gasteiger partial charge in [-0.1, -0.05) is 12.1 Å². The molecule has 4 amide bonds. The van der Waals surface area contributed by atoms with Gasteiger partial charge in [0, 0.05) is 6.54 Å². The highest BCUT2D eigenvalue weighted by Crippen LogP contribution is 2.27. The molecule has 1 N–H and O–H groups in total. The number of amides is 4. The van der Waals surface area contributed by atoms with Gasteiger partial charge in [0.1, 0.15) is 6.73 Å². The zero-order chi connectivity index (χ0) is 19.3. The number of fused-ring (bicyclic) bond motifs is 2. The second kappa shape index (κ2) is 6.14. The summed E-state index contributed by atoms with van der Waals surface area (Å²) in [7, 11) is 0. The van der Waals surface area contributed by atoms with Gasteiger partial charge in [-0.2, -0.15) is 0 Å². The first-order chi connectivity index (χ1) is 13.0. The molecule has 0 aliphatic carbocycles. The van der Waals surface area contributed by atoms with Crippen LogP contribution in [0.3, 0.4) is 0 Å². The zero-order valence-electron chi connectivity index (χ0n) is 14.6. The van der Waals surface area contributed by atoms with E-state index in [1.54, 1.807) is 43.3 Å². The summed E-state index contributed by atoms with van der Waals surface area (Å²) in [5.41, 5.74) is 2.93. The van der Waals surface area contributed by atoms with Gasteiger partial charge in [0.25, 0.3) is 23.6 Å². The predicted octanol–water partition coefficient (Wildman–Crippen LogP) is 1.44. The Kier molecular flexibility index (Phi) is 3.89. The predicted molar refractivity (Wildman–Crippen MR) is 94.3 cm³/mol.